The minimum Gasteiger partial charge on any atom is -0.480 e. The first kappa shape index (κ1) is 53.8. The van der Waals surface area contributed by atoms with Crippen molar-refractivity contribution in [1.82, 2.24) is 8.61 Å². The van der Waals surface area contributed by atoms with E-state index in [4.69, 9.17) is 5.73 Å². The summed E-state index contributed by atoms with van der Waals surface area (Å²) in [5.41, 5.74) is 4.65. The molecule has 8 fully saturated rings. The fourth-order valence-electron chi connectivity index (χ4n) is 13.7. The molecule has 3 N–H and O–H groups in total. The molecule has 9 aliphatic carbocycles. The highest BCUT2D eigenvalue weighted by Crippen LogP contribution is 2.63. The van der Waals surface area contributed by atoms with Crippen molar-refractivity contribution in [2.75, 3.05) is 13.1 Å². The number of halogens is 1. The molecule has 366 valence electrons. The number of carboxylic acids is 1. The summed E-state index contributed by atoms with van der Waals surface area (Å²) in [5.74, 6) is 3.40. The van der Waals surface area contributed by atoms with Crippen LogP contribution in [-0.2, 0) is 39.2 Å². The van der Waals surface area contributed by atoms with E-state index in [0.717, 1.165) is 55.2 Å². The van der Waals surface area contributed by atoms with E-state index in [-0.39, 0.29) is 57.8 Å². The van der Waals surface area contributed by atoms with E-state index in [1.807, 2.05) is 6.07 Å². The van der Waals surface area contributed by atoms with Crippen molar-refractivity contribution in [3.63, 3.8) is 0 Å². The molecule has 15 heteroatoms. The van der Waals surface area contributed by atoms with Crippen molar-refractivity contribution in [2.45, 2.75) is 162 Å². The molecule has 0 aromatic heterocycles. The number of rotatable bonds is 14. The monoisotopic (exact) mass is 972 g/mol. The first-order valence-corrected chi connectivity index (χ1v) is 26.7. The Bertz CT molecular complexity index is 2340. The number of likely N-dealkylation sites (N-methyl/N-ethyl adjacent to an activating group) is 2. The fourth-order valence-corrected chi connectivity index (χ4v) is 17.7. The van der Waals surface area contributed by atoms with Crippen molar-refractivity contribution in [2.24, 2.45) is 58.0 Å². The Balaban J connectivity index is 0.000000203. The molecule has 0 radical (unpaired) electrons. The van der Waals surface area contributed by atoms with Gasteiger partial charge in [0.05, 0.1) is 16.5 Å². The minimum atomic E-state index is -3.86. The first-order valence-electron chi connectivity index (χ1n) is 23.8. The number of aryl methyl sites for hydroxylation is 1. The summed E-state index contributed by atoms with van der Waals surface area (Å²) in [5, 5.41) is 9.21. The summed E-state index contributed by atoms with van der Waals surface area (Å²) in [6, 6.07) is 7.35. The number of carbonyl (C=O) groups excluding carboxylic acids is 3. The normalized spacial score (nSPS) is 31.7. The molecule has 0 heterocycles. The van der Waals surface area contributed by atoms with Gasteiger partial charge in [0.1, 0.15) is 28.8 Å². The van der Waals surface area contributed by atoms with Gasteiger partial charge in [0.2, 0.25) is 10.0 Å². The molecule has 4 unspecified atom stereocenters. The summed E-state index contributed by atoms with van der Waals surface area (Å²) in [6.45, 7) is 16.9. The number of hydrogen-bond donors (Lipinski definition) is 2. The van der Waals surface area contributed by atoms with Gasteiger partial charge in [0.15, 0.2) is 10.7 Å². The molecule has 12 nitrogen and oxygen atoms in total. The average Bonchev–Trinajstić information content (AvgIpc) is 3.21. The van der Waals surface area contributed by atoms with Crippen LogP contribution >= 0.6 is 12.4 Å². The van der Waals surface area contributed by atoms with Gasteiger partial charge in [0.25, 0.3) is 10.0 Å². The van der Waals surface area contributed by atoms with E-state index in [1.54, 1.807) is 85.7 Å². The van der Waals surface area contributed by atoms with Gasteiger partial charge in [-0.1, -0.05) is 32.0 Å². The highest BCUT2D eigenvalue weighted by molar-refractivity contribution is 7.93. The largest absolute Gasteiger partial charge is 0.480 e. The number of benzene rings is 1. The quantitative estimate of drug-likeness (QED) is 0.171. The molecule has 0 spiro atoms. The van der Waals surface area contributed by atoms with Crippen LogP contribution in [0.1, 0.15) is 139 Å². The second-order valence-electron chi connectivity index (χ2n) is 21.7. The van der Waals surface area contributed by atoms with Crippen LogP contribution in [0.3, 0.4) is 0 Å². The van der Waals surface area contributed by atoms with E-state index >= 15 is 0 Å². The average molecular weight is 974 g/mol. The smallest absolute Gasteiger partial charge is 0.324 e. The third kappa shape index (κ3) is 9.86. The molecule has 9 aliphatic rings. The third-order valence-electron chi connectivity index (χ3n) is 17.0. The third-order valence-corrected chi connectivity index (χ3v) is 21.6. The number of Topliss-reactive ketones (excluding diaryl/α,β-unsaturated/α-hetero) is 3. The Labute approximate surface area is 401 Å². The van der Waals surface area contributed by atoms with Crippen molar-refractivity contribution in [1.29, 1.82) is 0 Å². The molecule has 0 saturated heterocycles. The Morgan fingerprint density at radius 2 is 1.20 bits per heavy atom. The maximum absolute atomic E-state index is 13.7. The lowest BCUT2D eigenvalue weighted by Gasteiger charge is -2.59. The summed E-state index contributed by atoms with van der Waals surface area (Å²) in [4.78, 5) is 49.5. The molecule has 1 aromatic carbocycles. The fraction of sp³-hybridized carbons (Fsp3) is 0.686. The lowest BCUT2D eigenvalue weighted by molar-refractivity contribution is -0.151. The number of nitrogens with zero attached hydrogens (tertiary/aromatic N) is 2. The number of aliphatic carboxylic acids is 1. The second kappa shape index (κ2) is 19.7. The van der Waals surface area contributed by atoms with Crippen LogP contribution in [0.5, 0.6) is 0 Å². The van der Waals surface area contributed by atoms with Crippen LogP contribution in [0.2, 0.25) is 0 Å². The van der Waals surface area contributed by atoms with Crippen LogP contribution in [-0.4, -0.2) is 84.1 Å². The van der Waals surface area contributed by atoms with Crippen molar-refractivity contribution >= 4 is 55.8 Å². The van der Waals surface area contributed by atoms with Gasteiger partial charge in [-0.15, -0.1) is 12.4 Å². The number of carboxylic acid groups (broad SMARTS) is 1. The number of sulfonamides is 2. The van der Waals surface area contributed by atoms with Crippen LogP contribution < -0.4 is 5.73 Å². The van der Waals surface area contributed by atoms with Crippen molar-refractivity contribution < 1.29 is 41.1 Å². The highest BCUT2D eigenvalue weighted by atomic mass is 35.5. The van der Waals surface area contributed by atoms with Gasteiger partial charge >= 0.3 is 5.97 Å². The lowest BCUT2D eigenvalue weighted by atomic mass is 9.44. The number of carbonyl (C=O) groups is 4. The summed E-state index contributed by atoms with van der Waals surface area (Å²) >= 11 is 0. The number of ketones is 3. The first-order chi connectivity index (χ1) is 30.2. The van der Waals surface area contributed by atoms with Gasteiger partial charge in [-0.2, -0.15) is 17.0 Å². The zero-order chi connectivity index (χ0) is 48.2. The maximum Gasteiger partial charge on any atom is 0.324 e. The standard InChI is InChI=1S/C26H37NO4S.C13H17NO4S.C12H19NO.ClH/c1-6-27(32(30,31)23-10-8-7-9-17(23)2)25(4,5)24(29)13-22-20-11-19-12-21(22)16-26(14-19,15-20)18(3)28;1-5-14(13(3,4)12(15)16)19(17,18)11-9-7-6-8-10(11)2;1-7(14)12-4-8-2-9(5-12)11(13)10(3-8)6-12;/h7-10,19-22H,6,11-16H2,1-5H3;6-7,9H,5H2,1-4H3;8-11H,2-6,13H2,1H3;1H/p+1. The van der Waals surface area contributed by atoms with Gasteiger partial charge in [-0.3, -0.25) is 19.2 Å². The number of nitrogens with two attached hydrogens (primary N) is 1. The molecule has 8 bridgehead atoms. The second-order valence-corrected chi connectivity index (χ2v) is 25.3. The predicted molar refractivity (Wildman–Crippen MR) is 259 cm³/mol. The Morgan fingerprint density at radius 3 is 1.64 bits per heavy atom. The molecule has 0 aliphatic heterocycles. The van der Waals surface area contributed by atoms with E-state index < -0.39 is 37.1 Å². The lowest BCUT2D eigenvalue weighted by Crippen LogP contribution is -2.58. The predicted octanol–water partition coefficient (Wildman–Crippen LogP) is 8.63. The van der Waals surface area contributed by atoms with E-state index in [1.165, 1.54) is 43.5 Å². The molecule has 8 saturated carbocycles. The summed E-state index contributed by atoms with van der Waals surface area (Å²) in [7, 11) is -7.66. The molecular weight excluding hydrogens is 898 g/mol. The summed E-state index contributed by atoms with van der Waals surface area (Å²) < 4.78 is 54.6. The van der Waals surface area contributed by atoms with Gasteiger partial charge in [0, 0.05) is 48.5 Å². The zero-order valence-corrected chi connectivity index (χ0v) is 43.2. The SMILES string of the molecule is CC(=O)C12CC3CC(C1)C(N)C(C3)C2.CCN(C(C)(C)C(=O)CC1C2CC3CC1CC(C(C)=O)(C3)C2)S(=O)(=O)c1ccccc1C.CCN(C(C)(C)C(=O)O)S(=O)(=O)C1=CC=C[C+]=C1C.Cl. The van der Waals surface area contributed by atoms with Gasteiger partial charge in [-0.25, -0.2) is 8.42 Å². The molecule has 1 aromatic rings. The molecule has 66 heavy (non-hydrogen) atoms. The molecular formula is C51H75ClN3O9S2+. The van der Waals surface area contributed by atoms with Crippen molar-refractivity contribution in [3.8, 4) is 0 Å². The Morgan fingerprint density at radius 1 is 0.742 bits per heavy atom. The summed E-state index contributed by atoms with van der Waals surface area (Å²) in [6.07, 6.45) is 18.9. The van der Waals surface area contributed by atoms with Crippen molar-refractivity contribution in [3.05, 3.63) is 64.6 Å². The van der Waals surface area contributed by atoms with Crippen LogP contribution in [0, 0.1) is 65.3 Å². The number of hydrogen-bond acceptors (Lipinski definition) is 9. The van der Waals surface area contributed by atoms with Gasteiger partial charge < -0.3 is 10.8 Å². The zero-order valence-electron chi connectivity index (χ0n) is 40.8. The molecule has 0 amide bonds. The Hall–Kier alpha value is -3.10. The van der Waals surface area contributed by atoms with Crippen LogP contribution in [0.25, 0.3) is 0 Å². The Kier molecular flexibility index (Phi) is 16.1. The van der Waals surface area contributed by atoms with Crippen LogP contribution in [0.15, 0.2) is 57.9 Å². The molecule has 4 atom stereocenters. The van der Waals surface area contributed by atoms with E-state index in [2.05, 4.69) is 6.08 Å². The topological polar surface area (TPSA) is 189 Å². The van der Waals surface area contributed by atoms with E-state index in [9.17, 15) is 41.1 Å². The minimum absolute atomic E-state index is 0. The molecule has 10 rings (SSSR count). The highest BCUT2D eigenvalue weighted by Gasteiger charge is 2.59. The number of allylic oxidation sites excluding steroid dienone is 5. The van der Waals surface area contributed by atoms with E-state index in [0.29, 0.717) is 64.8 Å². The maximum atomic E-state index is 13.7. The van der Waals surface area contributed by atoms with Gasteiger partial charge in [-0.05, 0) is 173 Å². The van der Waals surface area contributed by atoms with Crippen LogP contribution in [0.4, 0.5) is 0 Å².